The fourth-order valence-corrected chi connectivity index (χ4v) is 1.69. The molecule has 3 N–H and O–H groups in total. The highest BCUT2D eigenvalue weighted by Gasteiger charge is 2.24. The summed E-state index contributed by atoms with van der Waals surface area (Å²) in [4.78, 5) is 23.6. The van der Waals surface area contributed by atoms with Crippen molar-refractivity contribution in [2.24, 2.45) is 5.92 Å². The third-order valence-corrected chi connectivity index (χ3v) is 2.77. The molecule has 0 bridgehead atoms. The number of amides is 2. The number of carbonyl (C=O) groups is 2. The van der Waals surface area contributed by atoms with Gasteiger partial charge in [0.2, 0.25) is 5.91 Å². The summed E-state index contributed by atoms with van der Waals surface area (Å²) in [5.41, 5.74) is 0.00765. The quantitative estimate of drug-likeness (QED) is 0.733. The Morgan fingerprint density at radius 1 is 1.48 bits per heavy atom. The van der Waals surface area contributed by atoms with E-state index in [1.54, 1.807) is 20.8 Å². The topological polar surface area (TPSA) is 87.7 Å². The highest BCUT2D eigenvalue weighted by Crippen LogP contribution is 2.13. The number of hydrogen-bond acceptors (Lipinski definition) is 4. The van der Waals surface area contributed by atoms with Gasteiger partial charge in [-0.2, -0.15) is 0 Å². The van der Waals surface area contributed by atoms with Crippen molar-refractivity contribution in [1.29, 1.82) is 0 Å². The van der Waals surface area contributed by atoms with Crippen LogP contribution in [0.25, 0.3) is 0 Å². The summed E-state index contributed by atoms with van der Waals surface area (Å²) in [5.74, 6) is -0.0343. The van der Waals surface area contributed by atoms with Crippen LogP contribution in [0, 0.1) is 5.92 Å². The van der Waals surface area contributed by atoms with Crippen molar-refractivity contribution in [3.05, 3.63) is 23.9 Å². The Labute approximate surface area is 125 Å². The Balaban J connectivity index is 2.54. The Kier molecular flexibility index (Phi) is 5.96. The Morgan fingerprint density at radius 3 is 2.62 bits per heavy atom. The smallest absolute Gasteiger partial charge is 0.408 e. The number of nitrogens with one attached hydrogen (secondary N) is 2. The third kappa shape index (κ3) is 6.44. The molecule has 0 spiro atoms. The van der Waals surface area contributed by atoms with E-state index in [1.165, 1.54) is 0 Å². The van der Waals surface area contributed by atoms with E-state index in [-0.39, 0.29) is 0 Å². The molecule has 0 aromatic heterocycles. The fourth-order valence-electron chi connectivity index (χ4n) is 1.69. The predicted octanol–water partition coefficient (Wildman–Crippen LogP) is 1.47. The first-order valence-corrected chi connectivity index (χ1v) is 7.01. The monoisotopic (exact) mass is 296 g/mol. The lowest BCUT2D eigenvalue weighted by molar-refractivity contribution is -0.123. The molecule has 0 radical (unpaired) electrons. The molecule has 6 heteroatoms. The second-order valence-electron chi connectivity index (χ2n) is 6.10. The summed E-state index contributed by atoms with van der Waals surface area (Å²) in [6.07, 6.45) is 5.82. The van der Waals surface area contributed by atoms with Gasteiger partial charge in [0.05, 0.1) is 6.61 Å². The standard InChI is InChI=1S/C15H24N2O4/c1-10-5-7-11(8-6-10)16-13(19)12(9-18)17-14(20)21-15(2,3)4/h5,7-8,10,12,18H,6,9H2,1-4H3,(H,16,19)(H,17,20)/t10?,12-/m1/s1. The van der Waals surface area contributed by atoms with Crippen LogP contribution in [0.4, 0.5) is 4.79 Å². The van der Waals surface area contributed by atoms with Gasteiger partial charge in [0.25, 0.3) is 0 Å². The number of ether oxygens (including phenoxy) is 1. The van der Waals surface area contributed by atoms with Crippen LogP contribution in [0.15, 0.2) is 23.9 Å². The van der Waals surface area contributed by atoms with Gasteiger partial charge in [0.15, 0.2) is 0 Å². The van der Waals surface area contributed by atoms with E-state index in [2.05, 4.69) is 17.6 Å². The van der Waals surface area contributed by atoms with Crippen molar-refractivity contribution >= 4 is 12.0 Å². The van der Waals surface area contributed by atoms with E-state index < -0.39 is 30.3 Å². The SMILES string of the molecule is CC1C=CC(NC(=O)[C@@H](CO)NC(=O)OC(C)(C)C)=CC1. The molecule has 0 fully saturated rings. The number of aliphatic hydroxyl groups is 1. The highest BCUT2D eigenvalue weighted by atomic mass is 16.6. The summed E-state index contributed by atoms with van der Waals surface area (Å²) in [6, 6.07) is -1.05. The van der Waals surface area contributed by atoms with Crippen LogP contribution in [0.2, 0.25) is 0 Å². The maximum Gasteiger partial charge on any atom is 0.408 e. The molecular formula is C15H24N2O4. The number of allylic oxidation sites excluding steroid dienone is 3. The van der Waals surface area contributed by atoms with Gasteiger partial charge in [0, 0.05) is 5.70 Å². The lowest BCUT2D eigenvalue weighted by atomic mass is 10.0. The summed E-state index contributed by atoms with van der Waals surface area (Å²) in [5, 5.41) is 14.3. The first-order valence-electron chi connectivity index (χ1n) is 7.01. The zero-order valence-electron chi connectivity index (χ0n) is 13.0. The van der Waals surface area contributed by atoms with Crippen LogP contribution in [-0.2, 0) is 9.53 Å². The third-order valence-electron chi connectivity index (χ3n) is 2.77. The maximum atomic E-state index is 12.0. The van der Waals surface area contributed by atoms with E-state index >= 15 is 0 Å². The predicted molar refractivity (Wildman–Crippen MR) is 79.4 cm³/mol. The number of aliphatic hydroxyl groups excluding tert-OH is 1. The van der Waals surface area contributed by atoms with Crippen LogP contribution in [-0.4, -0.2) is 35.4 Å². The van der Waals surface area contributed by atoms with E-state index in [4.69, 9.17) is 4.74 Å². The molecule has 6 nitrogen and oxygen atoms in total. The number of rotatable bonds is 4. The largest absolute Gasteiger partial charge is 0.444 e. The van der Waals surface area contributed by atoms with Crippen LogP contribution >= 0.6 is 0 Å². The number of hydrogen-bond donors (Lipinski definition) is 3. The van der Waals surface area contributed by atoms with Crippen LogP contribution < -0.4 is 10.6 Å². The Morgan fingerprint density at radius 2 is 2.14 bits per heavy atom. The average Bonchev–Trinajstić information content (AvgIpc) is 2.36. The molecule has 1 aliphatic carbocycles. The molecule has 0 aromatic rings. The Bertz CT molecular complexity index is 449. The van der Waals surface area contributed by atoms with Crippen LogP contribution in [0.5, 0.6) is 0 Å². The average molecular weight is 296 g/mol. The van der Waals surface area contributed by atoms with Gasteiger partial charge >= 0.3 is 6.09 Å². The molecular weight excluding hydrogens is 272 g/mol. The van der Waals surface area contributed by atoms with Gasteiger partial charge in [-0.25, -0.2) is 4.79 Å². The highest BCUT2D eigenvalue weighted by molar-refractivity contribution is 5.87. The zero-order valence-corrected chi connectivity index (χ0v) is 13.0. The van der Waals surface area contributed by atoms with Crippen molar-refractivity contribution in [2.45, 2.75) is 45.8 Å². The molecule has 1 aliphatic rings. The van der Waals surface area contributed by atoms with Gasteiger partial charge in [-0.05, 0) is 39.2 Å². The minimum Gasteiger partial charge on any atom is -0.444 e. The molecule has 118 valence electrons. The lowest BCUT2D eigenvalue weighted by Crippen LogP contribution is -2.49. The molecule has 1 rings (SSSR count). The molecule has 2 amide bonds. The van der Waals surface area contributed by atoms with E-state index in [9.17, 15) is 14.7 Å². The van der Waals surface area contributed by atoms with Crippen molar-refractivity contribution in [2.75, 3.05) is 6.61 Å². The van der Waals surface area contributed by atoms with Crippen LogP contribution in [0.1, 0.15) is 34.1 Å². The first-order chi connectivity index (χ1) is 9.71. The number of alkyl carbamates (subject to hydrolysis) is 1. The number of carbonyl (C=O) groups excluding carboxylic acids is 2. The van der Waals surface area contributed by atoms with Crippen LogP contribution in [0.3, 0.4) is 0 Å². The van der Waals surface area contributed by atoms with Gasteiger partial charge in [-0.3, -0.25) is 4.79 Å². The molecule has 2 atom stereocenters. The summed E-state index contributed by atoms with van der Waals surface area (Å²) in [7, 11) is 0. The molecule has 0 saturated carbocycles. The molecule has 0 aromatic carbocycles. The van der Waals surface area contributed by atoms with Crippen molar-refractivity contribution in [3.63, 3.8) is 0 Å². The summed E-state index contributed by atoms with van der Waals surface area (Å²) >= 11 is 0. The van der Waals surface area contributed by atoms with Gasteiger partial charge in [-0.1, -0.05) is 19.1 Å². The van der Waals surface area contributed by atoms with Gasteiger partial charge in [0.1, 0.15) is 11.6 Å². The summed E-state index contributed by atoms with van der Waals surface area (Å²) in [6.45, 7) is 6.74. The molecule has 21 heavy (non-hydrogen) atoms. The molecule has 1 unspecified atom stereocenters. The van der Waals surface area contributed by atoms with Crippen molar-refractivity contribution in [3.8, 4) is 0 Å². The molecule has 0 heterocycles. The first kappa shape index (κ1) is 17.2. The summed E-state index contributed by atoms with van der Waals surface area (Å²) < 4.78 is 5.05. The normalized spacial score (nSPS) is 19.5. The minimum absolute atomic E-state index is 0.444. The van der Waals surface area contributed by atoms with E-state index in [1.807, 2.05) is 18.2 Å². The van der Waals surface area contributed by atoms with E-state index in [0.29, 0.717) is 11.6 Å². The van der Waals surface area contributed by atoms with Gasteiger partial charge < -0.3 is 20.5 Å². The second kappa shape index (κ2) is 7.26. The second-order valence-corrected chi connectivity index (χ2v) is 6.10. The van der Waals surface area contributed by atoms with Gasteiger partial charge in [-0.15, -0.1) is 0 Å². The maximum absolute atomic E-state index is 12.0. The Hall–Kier alpha value is -1.82. The fraction of sp³-hybridized carbons (Fsp3) is 0.600. The van der Waals surface area contributed by atoms with E-state index in [0.717, 1.165) is 6.42 Å². The minimum atomic E-state index is -1.05. The van der Waals surface area contributed by atoms with Crippen molar-refractivity contribution < 1.29 is 19.4 Å². The molecule has 0 saturated heterocycles. The lowest BCUT2D eigenvalue weighted by Gasteiger charge is -2.22. The zero-order chi connectivity index (χ0) is 16.0. The molecule has 0 aliphatic heterocycles. The van der Waals surface area contributed by atoms with Crippen molar-refractivity contribution in [1.82, 2.24) is 10.6 Å².